The molecule has 0 saturated carbocycles. The van der Waals surface area contributed by atoms with E-state index in [2.05, 4.69) is 183 Å². The lowest BCUT2D eigenvalue weighted by Gasteiger charge is -2.32. The van der Waals surface area contributed by atoms with Gasteiger partial charge in [0.25, 0.3) is 0 Å². The van der Waals surface area contributed by atoms with Gasteiger partial charge in [0.1, 0.15) is 49.8 Å². The summed E-state index contributed by atoms with van der Waals surface area (Å²) < 4.78 is 43.4. The molecule has 0 bridgehead atoms. The molecule has 14 heteroatoms. The predicted molar refractivity (Wildman–Crippen MR) is 380 cm³/mol. The summed E-state index contributed by atoms with van der Waals surface area (Å²) in [6.45, 7) is 8.30. The van der Waals surface area contributed by atoms with Gasteiger partial charge in [0.15, 0.2) is 5.82 Å². The van der Waals surface area contributed by atoms with Crippen molar-refractivity contribution in [3.63, 3.8) is 0 Å². The second-order valence-electron chi connectivity index (χ2n) is 24.5. The largest absolute Gasteiger partial charge is 0.494 e. The molecule has 0 atom stereocenters. The summed E-state index contributed by atoms with van der Waals surface area (Å²) >= 11 is 11.7. The Hall–Kier alpha value is -10.9. The third kappa shape index (κ3) is 9.76. The summed E-state index contributed by atoms with van der Waals surface area (Å²) in [5.74, 6) is 0.583. The zero-order valence-electron chi connectivity index (χ0n) is 51.2. The van der Waals surface area contributed by atoms with Crippen molar-refractivity contribution in [2.75, 3.05) is 0 Å². The molecule has 11 aromatic carbocycles. The number of hydrogen-bond acceptors (Lipinski definition) is 11. The maximum atomic E-state index is 6.42. The third-order valence-corrected chi connectivity index (χ3v) is 18.7. The first-order valence-electron chi connectivity index (χ1n) is 31.0. The molecule has 1 fully saturated rings. The Labute approximate surface area is 547 Å². The van der Waals surface area contributed by atoms with Crippen LogP contribution in [0.1, 0.15) is 27.7 Å². The lowest BCUT2D eigenvalue weighted by molar-refractivity contribution is 0.00578. The predicted octanol–water partition coefficient (Wildman–Crippen LogP) is 22.1. The Morgan fingerprint density at radius 2 is 0.691 bits per heavy atom. The number of fused-ring (bicyclic) bond motifs is 15. The molecule has 0 radical (unpaired) electrons. The Morgan fingerprint density at radius 3 is 1.19 bits per heavy atom. The summed E-state index contributed by atoms with van der Waals surface area (Å²) in [6.07, 6.45) is 0. The van der Waals surface area contributed by atoms with Crippen LogP contribution >= 0.6 is 23.2 Å². The minimum atomic E-state index is -0.375. The van der Waals surface area contributed by atoms with Crippen LogP contribution < -0.4 is 5.46 Å². The average molecular weight is 1260 g/mol. The molecule has 0 amide bonds. The molecule has 11 nitrogen and oxygen atoms in total. The van der Waals surface area contributed by atoms with Gasteiger partial charge in [-0.15, -0.1) is 0 Å². The van der Waals surface area contributed by atoms with E-state index in [1.807, 2.05) is 103 Å². The highest BCUT2D eigenvalue weighted by atomic mass is 35.5. The molecule has 1 aliphatic heterocycles. The van der Waals surface area contributed by atoms with Crippen molar-refractivity contribution in [2.45, 2.75) is 38.9 Å². The van der Waals surface area contributed by atoms with E-state index in [9.17, 15) is 0 Å². The van der Waals surface area contributed by atoms with Crippen LogP contribution in [0.2, 0.25) is 10.4 Å². The van der Waals surface area contributed by atoms with Gasteiger partial charge in [0.2, 0.25) is 16.7 Å². The van der Waals surface area contributed by atoms with Crippen molar-refractivity contribution in [3.8, 4) is 56.0 Å². The summed E-state index contributed by atoms with van der Waals surface area (Å²) in [7, 11) is -0.375. The molecule has 19 rings (SSSR count). The van der Waals surface area contributed by atoms with E-state index in [0.29, 0.717) is 27.8 Å². The second kappa shape index (κ2) is 22.5. The highest BCUT2D eigenvalue weighted by Gasteiger charge is 2.51. The Balaban J connectivity index is 0.000000129. The quantitative estimate of drug-likeness (QED) is 0.0894. The highest BCUT2D eigenvalue weighted by Crippen LogP contribution is 2.44. The lowest BCUT2D eigenvalue weighted by atomic mass is 9.78. The second-order valence-corrected chi connectivity index (χ2v) is 25.1. The van der Waals surface area contributed by atoms with Gasteiger partial charge in [0.05, 0.1) is 27.7 Å². The summed E-state index contributed by atoms with van der Waals surface area (Å²) in [5.41, 5.74) is 17.0. The van der Waals surface area contributed by atoms with Crippen molar-refractivity contribution in [1.29, 1.82) is 0 Å². The number of rotatable bonds is 6. The van der Waals surface area contributed by atoms with Gasteiger partial charge in [-0.1, -0.05) is 218 Å². The molecular formula is C80H53BCl2N4O7. The normalized spacial score (nSPS) is 13.7. The lowest BCUT2D eigenvalue weighted by Crippen LogP contribution is -2.41. The van der Waals surface area contributed by atoms with Crippen LogP contribution in [0.4, 0.5) is 0 Å². The number of aromatic nitrogens is 4. The van der Waals surface area contributed by atoms with Gasteiger partial charge < -0.3 is 31.4 Å². The topological polar surface area (TPSA) is 136 Å². The van der Waals surface area contributed by atoms with E-state index in [-0.39, 0.29) is 23.6 Å². The minimum absolute atomic E-state index is 0.0894. The molecule has 452 valence electrons. The number of halogens is 2. The van der Waals surface area contributed by atoms with Crippen molar-refractivity contribution < 1.29 is 31.4 Å². The van der Waals surface area contributed by atoms with Crippen LogP contribution in [0.3, 0.4) is 0 Å². The zero-order chi connectivity index (χ0) is 63.4. The molecule has 1 aliphatic rings. The number of hydrogen-bond donors (Lipinski definition) is 0. The summed E-state index contributed by atoms with van der Waals surface area (Å²) in [4.78, 5) is 18.2. The standard InChI is InChI=1S/C46H26N2O3.C24H23BO3.C10H4Cl2N2O/c1-4-22-38-33(15-1)35-20-9-18-31(43(35)49-38)27-11-7-13-29(25-27)42-41-37-17-3-6-24-40(37)51-46(41)48-45(47-42)30-14-8-12-28(26-30)32-19-10-21-36-34-16-2-5-23-39(34)50-44(32)36;1-23(2)24(3,4)28-25(27-23)17-10-7-9-16(15-17)18-12-8-13-20-19-11-5-6-14-21(19)26-22(18)20;11-8-7-5-3-1-2-4-6(5)15-9(7)14-10(12)13-8/h1-26H;5-15H,1-4H3;1-4H. The molecule has 0 aliphatic carbocycles. The van der Waals surface area contributed by atoms with E-state index >= 15 is 0 Å². The molecule has 7 aromatic heterocycles. The monoisotopic (exact) mass is 1260 g/mol. The minimum Gasteiger partial charge on any atom is -0.455 e. The molecular weight excluding hydrogens is 1210 g/mol. The Kier molecular flexibility index (Phi) is 13.6. The van der Waals surface area contributed by atoms with E-state index in [1.54, 1.807) is 0 Å². The number of nitrogens with zero attached hydrogens (tertiary/aromatic N) is 4. The summed E-state index contributed by atoms with van der Waals surface area (Å²) in [5, 5.41) is 10.5. The molecule has 94 heavy (non-hydrogen) atoms. The highest BCUT2D eigenvalue weighted by molar-refractivity contribution is 6.62. The van der Waals surface area contributed by atoms with Crippen LogP contribution in [0.5, 0.6) is 0 Å². The first-order valence-corrected chi connectivity index (χ1v) is 31.7. The summed E-state index contributed by atoms with van der Waals surface area (Å²) in [6, 6.07) is 84.2. The smallest absolute Gasteiger partial charge is 0.455 e. The van der Waals surface area contributed by atoms with E-state index in [4.69, 9.17) is 64.6 Å². The molecule has 0 unspecified atom stereocenters. The average Bonchev–Trinajstić information content (AvgIpc) is 1.56. The van der Waals surface area contributed by atoms with Crippen LogP contribution in [0.25, 0.3) is 166 Å². The van der Waals surface area contributed by atoms with Gasteiger partial charge in [-0.25, -0.2) is 9.97 Å². The molecule has 0 N–H and O–H groups in total. The van der Waals surface area contributed by atoms with Gasteiger partial charge in [-0.2, -0.15) is 9.97 Å². The fourth-order valence-corrected chi connectivity index (χ4v) is 13.4. The fourth-order valence-electron chi connectivity index (χ4n) is 12.9. The van der Waals surface area contributed by atoms with Crippen molar-refractivity contribution >= 4 is 146 Å². The number of para-hydroxylation sites is 8. The molecule has 1 saturated heterocycles. The molecule has 8 heterocycles. The first-order chi connectivity index (χ1) is 45.9. The Bertz CT molecular complexity index is 6030. The maximum absolute atomic E-state index is 6.42. The zero-order valence-corrected chi connectivity index (χ0v) is 52.7. The first kappa shape index (κ1) is 57.1. The van der Waals surface area contributed by atoms with Crippen molar-refractivity contribution in [2.24, 2.45) is 0 Å². The van der Waals surface area contributed by atoms with Crippen molar-refractivity contribution in [3.05, 3.63) is 259 Å². The molecule has 18 aromatic rings. The van der Waals surface area contributed by atoms with Gasteiger partial charge in [-0.05, 0) is 104 Å². The van der Waals surface area contributed by atoms with Crippen LogP contribution in [0, 0.1) is 0 Å². The fraction of sp³-hybridized carbons (Fsp3) is 0.0750. The van der Waals surface area contributed by atoms with E-state index in [0.717, 1.165) is 149 Å². The van der Waals surface area contributed by atoms with Gasteiger partial charge in [-0.3, -0.25) is 0 Å². The third-order valence-electron chi connectivity index (χ3n) is 18.2. The van der Waals surface area contributed by atoms with E-state index < -0.39 is 0 Å². The Morgan fingerprint density at radius 1 is 0.319 bits per heavy atom. The maximum Gasteiger partial charge on any atom is 0.494 e. The van der Waals surface area contributed by atoms with Gasteiger partial charge >= 0.3 is 7.12 Å². The SMILES string of the molecule is CC1(C)OB(c2cccc(-c3cccc4c3oc3ccccc34)c2)OC1(C)C.Clc1nc(Cl)c2c(n1)oc1ccccc12.c1cc(-c2nc(-c3cccc(-c4cccc5c4oc4ccccc45)c3)c3c(n2)oc2ccccc23)cc(-c2cccc3c2oc2ccccc23)c1. The van der Waals surface area contributed by atoms with Crippen LogP contribution in [-0.4, -0.2) is 38.3 Å². The number of furan rings is 5. The van der Waals surface area contributed by atoms with Crippen LogP contribution in [-0.2, 0) is 9.31 Å². The van der Waals surface area contributed by atoms with Crippen molar-refractivity contribution in [1.82, 2.24) is 19.9 Å². The van der Waals surface area contributed by atoms with E-state index in [1.165, 1.54) is 0 Å². The van der Waals surface area contributed by atoms with Crippen LogP contribution in [0.15, 0.2) is 271 Å². The van der Waals surface area contributed by atoms with Gasteiger partial charge in [0, 0.05) is 70.9 Å². The molecule has 0 spiro atoms. The number of benzene rings is 11.